The van der Waals surface area contributed by atoms with Gasteiger partial charge in [-0.2, -0.15) is 0 Å². The van der Waals surface area contributed by atoms with Crippen LogP contribution in [0, 0.1) is 0 Å². The first-order chi connectivity index (χ1) is 7.56. The van der Waals surface area contributed by atoms with Crippen LogP contribution in [0.25, 0.3) is 0 Å². The minimum absolute atomic E-state index is 0.00514. The summed E-state index contributed by atoms with van der Waals surface area (Å²) in [5.41, 5.74) is 5.38. The van der Waals surface area contributed by atoms with Gasteiger partial charge < -0.3 is 20.8 Å². The molecule has 0 spiro atoms. The van der Waals surface area contributed by atoms with E-state index in [0.717, 1.165) is 38.9 Å². The largest absolute Gasteiger partial charge is 0.330 e. The highest BCUT2D eigenvalue weighted by molar-refractivity contribution is 7.51. The Kier molecular flexibility index (Phi) is 10.3. The van der Waals surface area contributed by atoms with E-state index < -0.39 is 7.60 Å². The Hall–Kier alpha value is 0.0700. The lowest BCUT2D eigenvalue weighted by Crippen LogP contribution is -2.17. The van der Waals surface area contributed by atoms with Gasteiger partial charge in [0.2, 0.25) is 0 Å². The van der Waals surface area contributed by atoms with Gasteiger partial charge in [0.15, 0.2) is 0 Å². The van der Waals surface area contributed by atoms with E-state index in [4.69, 9.17) is 15.5 Å². The summed E-state index contributed by atoms with van der Waals surface area (Å²) in [6.45, 7) is 2.60. The zero-order valence-corrected chi connectivity index (χ0v) is 10.8. The second kappa shape index (κ2) is 10.2. The van der Waals surface area contributed by atoms with Crippen LogP contribution >= 0.6 is 7.60 Å². The Bertz CT molecular complexity index is 197. The van der Waals surface area contributed by atoms with Gasteiger partial charge in [-0.3, -0.25) is 4.57 Å². The highest BCUT2D eigenvalue weighted by Gasteiger charge is 2.10. The summed E-state index contributed by atoms with van der Waals surface area (Å²) in [7, 11) is -3.78. The number of hydrogen-bond donors (Lipinski definition) is 4. The molecular formula is C10H25N2O3P. The quantitative estimate of drug-likeness (QED) is 0.326. The molecule has 0 atom stereocenters. The van der Waals surface area contributed by atoms with Crippen molar-refractivity contribution >= 4 is 7.60 Å². The average molecular weight is 252 g/mol. The lowest BCUT2D eigenvalue weighted by atomic mass is 10.2. The predicted octanol–water partition coefficient (Wildman–Crippen LogP) is 1.05. The van der Waals surface area contributed by atoms with Crippen LogP contribution in [0.15, 0.2) is 0 Å². The Morgan fingerprint density at radius 1 is 0.938 bits per heavy atom. The zero-order chi connectivity index (χ0) is 12.3. The molecule has 98 valence electrons. The van der Waals surface area contributed by atoms with Gasteiger partial charge in [0.05, 0.1) is 0 Å². The second-order valence-electron chi connectivity index (χ2n) is 4.05. The van der Waals surface area contributed by atoms with Crippen molar-refractivity contribution in [3.63, 3.8) is 0 Å². The number of nitrogens with one attached hydrogen (secondary N) is 1. The Labute approximate surface area is 98.0 Å². The summed E-state index contributed by atoms with van der Waals surface area (Å²) in [5.74, 6) is 0. The molecule has 0 aliphatic rings. The molecule has 0 amide bonds. The minimum atomic E-state index is -3.78. The van der Waals surface area contributed by atoms with E-state index in [1.807, 2.05) is 0 Å². The normalized spacial score (nSPS) is 11.9. The lowest BCUT2D eigenvalue weighted by Gasteiger charge is -2.05. The van der Waals surface area contributed by atoms with E-state index in [-0.39, 0.29) is 6.16 Å². The first-order valence-electron chi connectivity index (χ1n) is 6.01. The first kappa shape index (κ1) is 16.1. The second-order valence-corrected chi connectivity index (χ2v) is 5.82. The fourth-order valence-electron chi connectivity index (χ4n) is 1.44. The molecule has 0 aromatic heterocycles. The van der Waals surface area contributed by atoms with Crippen LogP contribution in [-0.2, 0) is 4.57 Å². The van der Waals surface area contributed by atoms with Gasteiger partial charge in [-0.05, 0) is 45.3 Å². The average Bonchev–Trinajstić information content (AvgIpc) is 2.19. The number of hydrogen-bond acceptors (Lipinski definition) is 3. The SMILES string of the molecule is NCCCCCCNCCCCP(=O)(O)O. The highest BCUT2D eigenvalue weighted by Crippen LogP contribution is 2.35. The van der Waals surface area contributed by atoms with E-state index in [2.05, 4.69) is 5.32 Å². The summed E-state index contributed by atoms with van der Waals surface area (Å²) in [4.78, 5) is 17.2. The molecule has 16 heavy (non-hydrogen) atoms. The molecule has 0 heterocycles. The number of unbranched alkanes of at least 4 members (excludes halogenated alkanes) is 4. The molecule has 0 saturated heterocycles. The molecule has 6 heteroatoms. The topological polar surface area (TPSA) is 95.6 Å². The van der Waals surface area contributed by atoms with Gasteiger partial charge in [-0.25, -0.2) is 0 Å². The van der Waals surface area contributed by atoms with E-state index in [1.54, 1.807) is 0 Å². The Morgan fingerprint density at radius 3 is 2.06 bits per heavy atom. The van der Waals surface area contributed by atoms with E-state index in [0.29, 0.717) is 6.42 Å². The van der Waals surface area contributed by atoms with Crippen LogP contribution in [0.4, 0.5) is 0 Å². The van der Waals surface area contributed by atoms with Crippen molar-refractivity contribution in [2.45, 2.75) is 38.5 Å². The summed E-state index contributed by atoms with van der Waals surface area (Å²) >= 11 is 0. The van der Waals surface area contributed by atoms with Gasteiger partial charge in [0, 0.05) is 6.16 Å². The van der Waals surface area contributed by atoms with Crippen LogP contribution in [0.5, 0.6) is 0 Å². The van der Waals surface area contributed by atoms with E-state index >= 15 is 0 Å². The van der Waals surface area contributed by atoms with Crippen LogP contribution in [0.2, 0.25) is 0 Å². The molecular weight excluding hydrogens is 227 g/mol. The van der Waals surface area contributed by atoms with Crippen molar-refractivity contribution in [1.29, 1.82) is 0 Å². The van der Waals surface area contributed by atoms with E-state index in [9.17, 15) is 4.57 Å². The standard InChI is InChI=1S/C10H25N2O3P/c11-7-3-1-2-4-8-12-9-5-6-10-16(13,14)15/h12H,1-11H2,(H2,13,14,15). The zero-order valence-electron chi connectivity index (χ0n) is 9.90. The highest BCUT2D eigenvalue weighted by atomic mass is 31.2. The Balaban J connectivity index is 3.02. The molecule has 0 aliphatic carbocycles. The summed E-state index contributed by atoms with van der Waals surface area (Å²) < 4.78 is 10.5. The molecule has 0 unspecified atom stereocenters. The minimum Gasteiger partial charge on any atom is -0.330 e. The monoisotopic (exact) mass is 252 g/mol. The van der Waals surface area contributed by atoms with E-state index in [1.165, 1.54) is 12.8 Å². The number of nitrogens with two attached hydrogens (primary N) is 1. The summed E-state index contributed by atoms with van der Waals surface area (Å²) in [6.07, 6.45) is 6.06. The van der Waals surface area contributed by atoms with Crippen LogP contribution < -0.4 is 11.1 Å². The molecule has 0 saturated carbocycles. The molecule has 0 aromatic carbocycles. The maximum Gasteiger partial charge on any atom is 0.325 e. The van der Waals surface area contributed by atoms with Gasteiger partial charge >= 0.3 is 7.60 Å². The lowest BCUT2D eigenvalue weighted by molar-refractivity contribution is 0.371. The van der Waals surface area contributed by atoms with Crippen LogP contribution in [-0.4, -0.2) is 35.6 Å². The van der Waals surface area contributed by atoms with Gasteiger partial charge in [0.25, 0.3) is 0 Å². The molecule has 5 nitrogen and oxygen atoms in total. The summed E-state index contributed by atoms with van der Waals surface area (Å²) in [6, 6.07) is 0. The summed E-state index contributed by atoms with van der Waals surface area (Å²) in [5, 5.41) is 3.26. The smallest absolute Gasteiger partial charge is 0.325 e. The fraction of sp³-hybridized carbons (Fsp3) is 1.00. The van der Waals surface area contributed by atoms with Crippen molar-refractivity contribution in [2.24, 2.45) is 5.73 Å². The van der Waals surface area contributed by atoms with Gasteiger partial charge in [-0.15, -0.1) is 0 Å². The van der Waals surface area contributed by atoms with Crippen LogP contribution in [0.1, 0.15) is 38.5 Å². The van der Waals surface area contributed by atoms with Crippen molar-refractivity contribution in [3.8, 4) is 0 Å². The third-order valence-electron chi connectivity index (χ3n) is 2.36. The fourth-order valence-corrected chi connectivity index (χ4v) is 2.08. The molecule has 0 radical (unpaired) electrons. The van der Waals surface area contributed by atoms with Gasteiger partial charge in [0.1, 0.15) is 0 Å². The molecule has 5 N–H and O–H groups in total. The van der Waals surface area contributed by atoms with Crippen molar-refractivity contribution < 1.29 is 14.4 Å². The maximum absolute atomic E-state index is 10.5. The maximum atomic E-state index is 10.5. The van der Waals surface area contributed by atoms with Gasteiger partial charge in [-0.1, -0.05) is 12.8 Å². The third kappa shape index (κ3) is 14.1. The predicted molar refractivity (Wildman–Crippen MR) is 66.5 cm³/mol. The van der Waals surface area contributed by atoms with Crippen molar-refractivity contribution in [3.05, 3.63) is 0 Å². The van der Waals surface area contributed by atoms with Crippen molar-refractivity contribution in [1.82, 2.24) is 5.32 Å². The van der Waals surface area contributed by atoms with Crippen LogP contribution in [0.3, 0.4) is 0 Å². The van der Waals surface area contributed by atoms with Crippen molar-refractivity contribution in [2.75, 3.05) is 25.8 Å². The third-order valence-corrected chi connectivity index (χ3v) is 3.26. The molecule has 0 bridgehead atoms. The molecule has 0 aromatic rings. The molecule has 0 rings (SSSR count). The Morgan fingerprint density at radius 2 is 1.50 bits per heavy atom. The molecule has 0 aliphatic heterocycles. The number of rotatable bonds is 11. The molecule has 0 fully saturated rings. The first-order valence-corrected chi connectivity index (χ1v) is 7.81.